The van der Waals surface area contributed by atoms with Crippen LogP contribution in [0.5, 0.6) is 0 Å². The van der Waals surface area contributed by atoms with Gasteiger partial charge in [0.2, 0.25) is 23.6 Å². The zero-order valence-electron chi connectivity index (χ0n) is 28.2. The van der Waals surface area contributed by atoms with Crippen LogP contribution in [0.15, 0.2) is 24.3 Å². The Labute approximate surface area is 274 Å². The molecular formula is C31H48N6O10. The van der Waals surface area contributed by atoms with Gasteiger partial charge in [-0.05, 0) is 70.9 Å². The third kappa shape index (κ3) is 15.9. The molecule has 0 saturated heterocycles. The molecule has 262 valence electrons. The summed E-state index contributed by atoms with van der Waals surface area (Å²) in [6.07, 6.45) is -1.21. The third-order valence-corrected chi connectivity index (χ3v) is 6.43. The number of anilines is 1. The maximum Gasteiger partial charge on any atom is 0.408 e. The molecule has 16 nitrogen and oxygen atoms in total. The van der Waals surface area contributed by atoms with E-state index in [4.69, 9.17) is 4.74 Å². The van der Waals surface area contributed by atoms with Crippen molar-refractivity contribution in [2.45, 2.75) is 111 Å². The summed E-state index contributed by atoms with van der Waals surface area (Å²) in [5.74, 6) is -4.21. The van der Waals surface area contributed by atoms with Gasteiger partial charge in [-0.25, -0.2) is 4.79 Å². The van der Waals surface area contributed by atoms with Crippen LogP contribution in [0.1, 0.15) is 81.1 Å². The fourth-order valence-corrected chi connectivity index (χ4v) is 4.23. The second-order valence-corrected chi connectivity index (χ2v) is 13.0. The number of aliphatic carboxylic acids is 1. The molecule has 4 atom stereocenters. The summed E-state index contributed by atoms with van der Waals surface area (Å²) < 4.78 is 5.18. The zero-order chi connectivity index (χ0) is 36.1. The minimum atomic E-state index is -1.33. The molecule has 0 saturated carbocycles. The summed E-state index contributed by atoms with van der Waals surface area (Å²) in [4.78, 5) is 86.7. The molecule has 0 heterocycles. The molecule has 0 bridgehead atoms. The fourth-order valence-electron chi connectivity index (χ4n) is 4.23. The van der Waals surface area contributed by atoms with Gasteiger partial charge >= 0.3 is 12.1 Å². The number of rotatable bonds is 17. The Kier molecular flexibility index (Phi) is 15.8. The first-order chi connectivity index (χ1) is 21.7. The number of ether oxygens (including phenoxy) is 1. The van der Waals surface area contributed by atoms with Crippen molar-refractivity contribution in [3.63, 3.8) is 0 Å². The number of nitro groups is 1. The highest BCUT2D eigenvalue weighted by Gasteiger charge is 2.32. The van der Waals surface area contributed by atoms with E-state index in [2.05, 4.69) is 26.6 Å². The van der Waals surface area contributed by atoms with Crippen molar-refractivity contribution < 1.29 is 43.5 Å². The molecule has 0 spiro atoms. The number of non-ortho nitro benzene ring substituents is 1. The number of carboxylic acid groups (broad SMARTS) is 1. The number of hydrogen-bond donors (Lipinski definition) is 6. The molecule has 0 aliphatic rings. The lowest BCUT2D eigenvalue weighted by molar-refractivity contribution is -0.384. The molecule has 47 heavy (non-hydrogen) atoms. The number of alkyl carbamates (subject to hydrolysis) is 1. The standard InChI is InChI=1S/C31H48N6O10/c1-17(2)15-23(35-26(40)19(5)32-30(44)47-31(6,7)8)29(43)36-24(16-18(3)4)28(42)34-22(13-14-25(38)39)27(41)33-20-9-11-21(12-10-20)37(45)46/h9-12,17-19,22-24H,13-16H2,1-8H3,(H,32,44)(H,33,41)(H,34,42)(H,35,40)(H,36,43)(H,38,39)/t19-,22-,23-,24-/m0/s1. The molecular weight excluding hydrogens is 616 g/mol. The Morgan fingerprint density at radius 3 is 1.66 bits per heavy atom. The third-order valence-electron chi connectivity index (χ3n) is 6.43. The van der Waals surface area contributed by atoms with E-state index in [1.807, 2.05) is 27.7 Å². The van der Waals surface area contributed by atoms with E-state index < -0.39 is 76.8 Å². The Hall–Kier alpha value is -4.76. The lowest BCUT2D eigenvalue weighted by atomic mass is 9.99. The summed E-state index contributed by atoms with van der Waals surface area (Å²) in [5.41, 5.74) is -0.804. The molecule has 1 aromatic rings. The van der Waals surface area contributed by atoms with Crippen molar-refractivity contribution in [2.75, 3.05) is 5.32 Å². The van der Waals surface area contributed by atoms with Crippen LogP contribution in [0.4, 0.5) is 16.2 Å². The summed E-state index contributed by atoms with van der Waals surface area (Å²) in [6, 6.07) is 0.316. The smallest absolute Gasteiger partial charge is 0.408 e. The van der Waals surface area contributed by atoms with Crippen LogP contribution in [0.3, 0.4) is 0 Å². The van der Waals surface area contributed by atoms with Crippen LogP contribution >= 0.6 is 0 Å². The number of benzene rings is 1. The van der Waals surface area contributed by atoms with Gasteiger partial charge in [0.05, 0.1) is 4.92 Å². The van der Waals surface area contributed by atoms with Gasteiger partial charge in [0, 0.05) is 24.2 Å². The minimum Gasteiger partial charge on any atom is -0.481 e. The molecule has 1 aromatic carbocycles. The molecule has 16 heteroatoms. The quantitative estimate of drug-likeness (QED) is 0.105. The van der Waals surface area contributed by atoms with Gasteiger partial charge in [0.25, 0.3) is 5.69 Å². The van der Waals surface area contributed by atoms with Crippen LogP contribution in [0.25, 0.3) is 0 Å². The molecule has 1 rings (SSSR count). The van der Waals surface area contributed by atoms with Crippen molar-refractivity contribution in [3.8, 4) is 0 Å². The maximum atomic E-state index is 13.5. The normalized spacial score (nSPS) is 13.8. The molecule has 6 N–H and O–H groups in total. The average molecular weight is 665 g/mol. The van der Waals surface area contributed by atoms with Crippen molar-refractivity contribution in [1.29, 1.82) is 0 Å². The number of nitro benzene ring substituents is 1. The zero-order valence-corrected chi connectivity index (χ0v) is 28.2. The van der Waals surface area contributed by atoms with Crippen molar-refractivity contribution >= 4 is 47.1 Å². The van der Waals surface area contributed by atoms with Crippen molar-refractivity contribution in [2.24, 2.45) is 11.8 Å². The van der Waals surface area contributed by atoms with Gasteiger partial charge in [-0.3, -0.25) is 34.1 Å². The monoisotopic (exact) mass is 664 g/mol. The molecule has 0 radical (unpaired) electrons. The van der Waals surface area contributed by atoms with E-state index in [0.717, 1.165) is 0 Å². The van der Waals surface area contributed by atoms with Crippen LogP contribution in [0.2, 0.25) is 0 Å². The molecule has 0 fully saturated rings. The predicted octanol–water partition coefficient (Wildman–Crippen LogP) is 2.86. The number of amides is 5. The number of nitrogens with one attached hydrogen (secondary N) is 5. The number of carbonyl (C=O) groups is 6. The van der Waals surface area contributed by atoms with Crippen LogP contribution in [-0.2, 0) is 28.7 Å². The fraction of sp³-hybridized carbons (Fsp3) is 0.613. The highest BCUT2D eigenvalue weighted by molar-refractivity contribution is 5.99. The van der Waals surface area contributed by atoms with Gasteiger partial charge in [0.15, 0.2) is 0 Å². The molecule has 0 aliphatic heterocycles. The lowest BCUT2D eigenvalue weighted by Gasteiger charge is -2.27. The van der Waals surface area contributed by atoms with E-state index >= 15 is 0 Å². The summed E-state index contributed by atoms with van der Waals surface area (Å²) >= 11 is 0. The summed E-state index contributed by atoms with van der Waals surface area (Å²) in [6.45, 7) is 13.7. The van der Waals surface area contributed by atoms with Crippen molar-refractivity contribution in [3.05, 3.63) is 34.4 Å². The molecule has 0 unspecified atom stereocenters. The Bertz CT molecular complexity index is 1280. The number of carboxylic acids is 1. The Balaban J connectivity index is 3.12. The second-order valence-electron chi connectivity index (χ2n) is 13.0. The van der Waals surface area contributed by atoms with Gasteiger partial charge in [-0.2, -0.15) is 0 Å². The first-order valence-electron chi connectivity index (χ1n) is 15.4. The first kappa shape index (κ1) is 40.3. The predicted molar refractivity (Wildman–Crippen MR) is 172 cm³/mol. The molecule has 5 amide bonds. The summed E-state index contributed by atoms with van der Waals surface area (Å²) in [7, 11) is 0. The first-order valence-corrected chi connectivity index (χ1v) is 15.4. The van der Waals surface area contributed by atoms with E-state index in [1.165, 1.54) is 31.2 Å². The minimum absolute atomic E-state index is 0.0546. The van der Waals surface area contributed by atoms with E-state index in [-0.39, 0.29) is 42.5 Å². The summed E-state index contributed by atoms with van der Waals surface area (Å²) in [5, 5.41) is 32.9. The number of carbonyl (C=O) groups excluding carboxylic acids is 5. The van der Waals surface area contributed by atoms with E-state index in [1.54, 1.807) is 20.8 Å². The Morgan fingerprint density at radius 2 is 1.23 bits per heavy atom. The molecule has 0 aliphatic carbocycles. The van der Waals surface area contributed by atoms with Gasteiger partial charge < -0.3 is 36.4 Å². The largest absolute Gasteiger partial charge is 0.481 e. The van der Waals surface area contributed by atoms with Gasteiger partial charge in [-0.15, -0.1) is 0 Å². The topological polar surface area (TPSA) is 235 Å². The van der Waals surface area contributed by atoms with Crippen LogP contribution in [-0.4, -0.2) is 75.5 Å². The van der Waals surface area contributed by atoms with Crippen molar-refractivity contribution in [1.82, 2.24) is 21.3 Å². The SMILES string of the molecule is CC(C)C[C@H](NC(=O)[C@H](C)NC(=O)OC(C)(C)C)C(=O)N[C@@H](CC(C)C)C(=O)N[C@@H](CCC(=O)O)C(=O)Nc1ccc([N+](=O)[O-])cc1. The van der Waals surface area contributed by atoms with E-state index in [0.29, 0.717) is 0 Å². The highest BCUT2D eigenvalue weighted by Crippen LogP contribution is 2.17. The number of hydrogen-bond acceptors (Lipinski definition) is 9. The Morgan fingerprint density at radius 1 is 0.766 bits per heavy atom. The second kappa shape index (κ2) is 18.4. The molecule has 0 aromatic heterocycles. The van der Waals surface area contributed by atoms with Gasteiger partial charge in [-0.1, -0.05) is 27.7 Å². The average Bonchev–Trinajstić information content (AvgIpc) is 2.92. The van der Waals surface area contributed by atoms with Gasteiger partial charge in [0.1, 0.15) is 29.8 Å². The van der Waals surface area contributed by atoms with Crippen LogP contribution < -0.4 is 26.6 Å². The lowest BCUT2D eigenvalue weighted by Crippen LogP contribution is -2.58. The number of nitrogens with zero attached hydrogens (tertiary/aromatic N) is 1. The maximum absolute atomic E-state index is 13.5. The van der Waals surface area contributed by atoms with Crippen LogP contribution in [0, 0.1) is 22.0 Å². The van der Waals surface area contributed by atoms with E-state index in [9.17, 15) is 44.0 Å². The highest BCUT2D eigenvalue weighted by atomic mass is 16.6.